The van der Waals surface area contributed by atoms with Crippen molar-refractivity contribution in [2.75, 3.05) is 26.2 Å². The molecular weight excluding hydrogens is 290 g/mol. The normalized spacial score (nSPS) is 23.4. The number of aromatic amines is 1. The maximum atomic E-state index is 12.8. The number of urea groups is 1. The van der Waals surface area contributed by atoms with E-state index in [2.05, 4.69) is 27.3 Å². The number of piperidine rings is 1. The van der Waals surface area contributed by atoms with Crippen LogP contribution in [0, 0.1) is 13.8 Å². The van der Waals surface area contributed by atoms with Gasteiger partial charge in [0.15, 0.2) is 0 Å². The van der Waals surface area contributed by atoms with E-state index in [0.717, 1.165) is 63.3 Å². The molecule has 2 fully saturated rings. The molecule has 2 amide bonds. The van der Waals surface area contributed by atoms with Gasteiger partial charge in [-0.05, 0) is 46.1 Å². The molecule has 3 heterocycles. The lowest BCUT2D eigenvalue weighted by Gasteiger charge is -2.33. The third-order valence-electron chi connectivity index (χ3n) is 5.39. The molecule has 0 unspecified atom stereocenters. The van der Waals surface area contributed by atoms with Crippen molar-refractivity contribution in [3.63, 3.8) is 0 Å². The summed E-state index contributed by atoms with van der Waals surface area (Å²) in [6.07, 6.45) is 4.21. The average molecular weight is 319 g/mol. The van der Waals surface area contributed by atoms with Crippen LogP contribution in [0.5, 0.6) is 0 Å². The number of nitrogens with zero attached hydrogens (tertiary/aromatic N) is 3. The zero-order valence-corrected chi connectivity index (χ0v) is 14.6. The number of rotatable bonds is 3. The predicted molar refractivity (Wildman–Crippen MR) is 90.4 cm³/mol. The molecule has 2 saturated heterocycles. The highest BCUT2D eigenvalue weighted by molar-refractivity contribution is 5.75. The number of hydrogen-bond acceptors (Lipinski definition) is 3. The van der Waals surface area contributed by atoms with E-state index in [1.54, 1.807) is 0 Å². The largest absolute Gasteiger partial charge is 0.335 e. The molecule has 0 aromatic carbocycles. The van der Waals surface area contributed by atoms with Crippen LogP contribution in [0.2, 0.25) is 0 Å². The Labute approximate surface area is 138 Å². The first-order valence-corrected chi connectivity index (χ1v) is 8.91. The van der Waals surface area contributed by atoms with E-state index in [9.17, 15) is 4.79 Å². The van der Waals surface area contributed by atoms with Crippen molar-refractivity contribution in [3.8, 4) is 0 Å². The number of likely N-dealkylation sites (tertiary alicyclic amines) is 2. The Morgan fingerprint density at radius 1 is 1.26 bits per heavy atom. The molecule has 1 aromatic rings. The highest BCUT2D eigenvalue weighted by Gasteiger charge is 2.34. The smallest absolute Gasteiger partial charge is 0.318 e. The molecule has 2 aliphatic heterocycles. The number of carbonyl (C=O) groups excluding carboxylic acids is 1. The van der Waals surface area contributed by atoms with Gasteiger partial charge >= 0.3 is 6.03 Å². The summed E-state index contributed by atoms with van der Waals surface area (Å²) in [5.74, 6) is 0. The van der Waals surface area contributed by atoms with Gasteiger partial charge in [-0.2, -0.15) is 5.10 Å². The predicted octanol–water partition coefficient (Wildman–Crippen LogP) is 2.36. The van der Waals surface area contributed by atoms with Gasteiger partial charge in [-0.25, -0.2) is 4.79 Å². The zero-order valence-electron chi connectivity index (χ0n) is 14.6. The topological polar surface area (TPSA) is 64.3 Å². The Hall–Kier alpha value is -1.56. The number of amides is 2. The Kier molecular flexibility index (Phi) is 4.90. The van der Waals surface area contributed by atoms with Gasteiger partial charge in [-0.1, -0.05) is 6.92 Å². The molecule has 2 N–H and O–H groups in total. The minimum atomic E-state index is 0.0995. The minimum Gasteiger partial charge on any atom is -0.335 e. The van der Waals surface area contributed by atoms with E-state index in [4.69, 9.17) is 0 Å². The fourth-order valence-electron chi connectivity index (χ4n) is 4.01. The Bertz CT molecular complexity index is 528. The highest BCUT2D eigenvalue weighted by atomic mass is 16.2. The van der Waals surface area contributed by atoms with E-state index in [1.807, 2.05) is 18.7 Å². The third kappa shape index (κ3) is 3.37. The number of nitrogens with one attached hydrogen (secondary N) is 2. The van der Waals surface area contributed by atoms with E-state index >= 15 is 0 Å². The summed E-state index contributed by atoms with van der Waals surface area (Å²) in [6.45, 7) is 10.4. The summed E-state index contributed by atoms with van der Waals surface area (Å²) in [6, 6.07) is 0.588. The quantitative estimate of drug-likeness (QED) is 0.899. The second-order valence-electron chi connectivity index (χ2n) is 6.86. The van der Waals surface area contributed by atoms with Crippen molar-refractivity contribution in [2.45, 2.75) is 58.5 Å². The molecule has 6 heteroatoms. The lowest BCUT2D eigenvalue weighted by atomic mass is 10.0. The second kappa shape index (κ2) is 6.91. The van der Waals surface area contributed by atoms with Crippen molar-refractivity contribution in [1.29, 1.82) is 0 Å². The molecular formula is C17H29N5O. The first-order valence-electron chi connectivity index (χ1n) is 8.91. The summed E-state index contributed by atoms with van der Waals surface area (Å²) < 4.78 is 0. The van der Waals surface area contributed by atoms with Gasteiger partial charge in [0.2, 0.25) is 0 Å². The molecule has 3 rings (SSSR count). The van der Waals surface area contributed by atoms with Gasteiger partial charge in [-0.3, -0.25) is 5.10 Å². The summed E-state index contributed by atoms with van der Waals surface area (Å²) in [4.78, 5) is 17.2. The fourth-order valence-corrected chi connectivity index (χ4v) is 4.01. The van der Waals surface area contributed by atoms with Crippen LogP contribution in [0.3, 0.4) is 0 Å². The molecule has 0 bridgehead atoms. The van der Waals surface area contributed by atoms with Crippen LogP contribution in [-0.4, -0.2) is 58.2 Å². The van der Waals surface area contributed by atoms with E-state index < -0.39 is 0 Å². The summed E-state index contributed by atoms with van der Waals surface area (Å²) >= 11 is 0. The summed E-state index contributed by atoms with van der Waals surface area (Å²) in [5, 5.41) is 10.6. The third-order valence-corrected chi connectivity index (χ3v) is 5.39. The van der Waals surface area contributed by atoms with Crippen LogP contribution in [0.4, 0.5) is 4.79 Å². The minimum absolute atomic E-state index is 0.0995. The molecule has 23 heavy (non-hydrogen) atoms. The zero-order chi connectivity index (χ0) is 16.4. The van der Waals surface area contributed by atoms with Crippen LogP contribution in [0.1, 0.15) is 55.6 Å². The first-order chi connectivity index (χ1) is 11.1. The molecule has 2 aliphatic rings. The number of aryl methyl sites for hydroxylation is 2. The molecule has 6 nitrogen and oxygen atoms in total. The fraction of sp³-hybridized carbons (Fsp3) is 0.765. The Morgan fingerprint density at radius 3 is 2.61 bits per heavy atom. The maximum Gasteiger partial charge on any atom is 0.318 e. The van der Waals surface area contributed by atoms with Gasteiger partial charge in [0.05, 0.1) is 11.7 Å². The SMILES string of the molecule is CCN1CCC(NC(=O)N2CCC[C@H]2c2c(C)n[nH]c2C)CC1. The Morgan fingerprint density at radius 2 is 2.00 bits per heavy atom. The van der Waals surface area contributed by atoms with Crippen molar-refractivity contribution < 1.29 is 4.79 Å². The van der Waals surface area contributed by atoms with Crippen LogP contribution >= 0.6 is 0 Å². The number of carbonyl (C=O) groups is 1. The number of hydrogen-bond donors (Lipinski definition) is 2. The van der Waals surface area contributed by atoms with E-state index in [1.165, 1.54) is 5.56 Å². The van der Waals surface area contributed by atoms with Crippen LogP contribution < -0.4 is 5.32 Å². The average Bonchev–Trinajstić information content (AvgIpc) is 3.14. The molecule has 0 radical (unpaired) electrons. The molecule has 0 saturated carbocycles. The van der Waals surface area contributed by atoms with E-state index in [0.29, 0.717) is 6.04 Å². The monoisotopic (exact) mass is 319 g/mol. The van der Waals surface area contributed by atoms with Crippen molar-refractivity contribution in [3.05, 3.63) is 17.0 Å². The standard InChI is InChI=1S/C17H29N5O/c1-4-21-10-7-14(8-11-21)18-17(23)22-9-5-6-15(22)16-12(2)19-20-13(16)3/h14-15H,4-11H2,1-3H3,(H,18,23)(H,19,20)/t15-/m0/s1. The van der Waals surface area contributed by atoms with Gasteiger partial charge in [0.1, 0.15) is 0 Å². The maximum absolute atomic E-state index is 12.8. The Balaban J connectivity index is 1.63. The van der Waals surface area contributed by atoms with Crippen LogP contribution in [0.15, 0.2) is 0 Å². The molecule has 1 aromatic heterocycles. The molecule has 128 valence electrons. The lowest BCUT2D eigenvalue weighted by Crippen LogP contribution is -2.49. The van der Waals surface area contributed by atoms with Crippen molar-refractivity contribution >= 4 is 6.03 Å². The van der Waals surface area contributed by atoms with Gasteiger partial charge < -0.3 is 15.1 Å². The lowest BCUT2D eigenvalue weighted by molar-refractivity contribution is 0.171. The van der Waals surface area contributed by atoms with E-state index in [-0.39, 0.29) is 12.1 Å². The summed E-state index contributed by atoms with van der Waals surface area (Å²) in [5.41, 5.74) is 3.31. The molecule has 0 aliphatic carbocycles. The second-order valence-corrected chi connectivity index (χ2v) is 6.86. The van der Waals surface area contributed by atoms with Crippen molar-refractivity contribution in [1.82, 2.24) is 25.3 Å². The highest BCUT2D eigenvalue weighted by Crippen LogP contribution is 2.34. The molecule has 0 spiro atoms. The summed E-state index contributed by atoms with van der Waals surface area (Å²) in [7, 11) is 0. The van der Waals surface area contributed by atoms with Gasteiger partial charge in [-0.15, -0.1) is 0 Å². The van der Waals surface area contributed by atoms with Crippen LogP contribution in [-0.2, 0) is 0 Å². The number of H-pyrrole nitrogens is 1. The number of aromatic nitrogens is 2. The van der Waals surface area contributed by atoms with Crippen molar-refractivity contribution in [2.24, 2.45) is 0 Å². The molecule has 1 atom stereocenters. The van der Waals surface area contributed by atoms with Crippen LogP contribution in [0.25, 0.3) is 0 Å². The van der Waals surface area contributed by atoms with Gasteiger partial charge in [0, 0.05) is 36.9 Å². The van der Waals surface area contributed by atoms with Gasteiger partial charge in [0.25, 0.3) is 0 Å². The first kappa shape index (κ1) is 16.3.